The van der Waals surface area contributed by atoms with Gasteiger partial charge in [0.25, 0.3) is 0 Å². The van der Waals surface area contributed by atoms with Gasteiger partial charge in [0.2, 0.25) is 0 Å². The highest BCUT2D eigenvalue weighted by Gasteiger charge is 2.42. The lowest BCUT2D eigenvalue weighted by atomic mass is 9.94. The molecule has 0 aromatic heterocycles. The summed E-state index contributed by atoms with van der Waals surface area (Å²) in [6.45, 7) is 7.16. The number of carbonyl (C=O) groups excluding carboxylic acids is 2. The maximum absolute atomic E-state index is 13.4. The van der Waals surface area contributed by atoms with Gasteiger partial charge in [-0.05, 0) is 53.0 Å². The van der Waals surface area contributed by atoms with Gasteiger partial charge in [0.15, 0.2) is 5.78 Å². The molecule has 0 N–H and O–H groups in total. The second-order valence-electron chi connectivity index (χ2n) is 7.86. The van der Waals surface area contributed by atoms with Crippen molar-refractivity contribution in [3.8, 4) is 0 Å². The van der Waals surface area contributed by atoms with Crippen molar-refractivity contribution in [2.75, 3.05) is 13.1 Å². The summed E-state index contributed by atoms with van der Waals surface area (Å²) in [5, 5.41) is 0. The molecule has 1 fully saturated rings. The first-order valence-electron chi connectivity index (χ1n) is 9.00. The Morgan fingerprint density at radius 1 is 1.22 bits per heavy atom. The third-order valence-electron chi connectivity index (χ3n) is 4.33. The van der Waals surface area contributed by atoms with Gasteiger partial charge < -0.3 is 14.4 Å². The van der Waals surface area contributed by atoms with Crippen molar-refractivity contribution in [2.24, 2.45) is 0 Å². The van der Waals surface area contributed by atoms with E-state index in [2.05, 4.69) is 0 Å². The number of allylic oxidation sites excluding steroid dienone is 2. The predicted molar refractivity (Wildman–Crippen MR) is 93.2 cm³/mol. The van der Waals surface area contributed by atoms with E-state index in [9.17, 15) is 22.8 Å². The van der Waals surface area contributed by atoms with Gasteiger partial charge in [0.05, 0.1) is 24.3 Å². The molecule has 2 aliphatic rings. The Hall–Kier alpha value is -1.83. The summed E-state index contributed by atoms with van der Waals surface area (Å²) >= 11 is 0. The van der Waals surface area contributed by atoms with Gasteiger partial charge in [-0.3, -0.25) is 4.79 Å². The quantitative estimate of drug-likeness (QED) is 0.727. The molecule has 5 nitrogen and oxygen atoms in total. The SMILES string of the molecule is CC(=O)C1=CCC(OC2CCCN(C(=O)OC(C)(C)C)C2)C(C(F)(F)F)=C1. The number of Topliss-reactive ketones (excluding diaryl/α,β-unsaturated/α-hetero) is 1. The number of alkyl halides is 3. The van der Waals surface area contributed by atoms with E-state index in [4.69, 9.17) is 9.47 Å². The third kappa shape index (κ3) is 6.09. The summed E-state index contributed by atoms with van der Waals surface area (Å²) in [4.78, 5) is 25.1. The number of likely N-dealkylation sites (tertiary alicyclic amines) is 1. The molecule has 2 rings (SSSR count). The number of rotatable bonds is 3. The number of halogens is 3. The fraction of sp³-hybridized carbons (Fsp3) is 0.684. The first kappa shape index (κ1) is 21.5. The summed E-state index contributed by atoms with van der Waals surface area (Å²) in [7, 11) is 0. The third-order valence-corrected chi connectivity index (χ3v) is 4.33. The molecule has 1 amide bonds. The van der Waals surface area contributed by atoms with E-state index >= 15 is 0 Å². The van der Waals surface area contributed by atoms with Crippen LogP contribution in [0.1, 0.15) is 47.0 Å². The van der Waals surface area contributed by atoms with Crippen molar-refractivity contribution in [2.45, 2.75) is 70.9 Å². The smallest absolute Gasteiger partial charge is 0.415 e. The highest BCUT2D eigenvalue weighted by molar-refractivity contribution is 5.96. The van der Waals surface area contributed by atoms with Crippen LogP contribution in [0, 0.1) is 0 Å². The predicted octanol–water partition coefficient (Wildman–Crippen LogP) is 4.18. The average Bonchev–Trinajstić information content (AvgIpc) is 2.52. The summed E-state index contributed by atoms with van der Waals surface area (Å²) in [6.07, 6.45) is -3.29. The molecule has 0 aromatic rings. The number of amides is 1. The van der Waals surface area contributed by atoms with E-state index in [1.165, 1.54) is 17.9 Å². The van der Waals surface area contributed by atoms with Gasteiger partial charge in [-0.25, -0.2) is 4.79 Å². The Balaban J connectivity index is 2.06. The number of ether oxygens (including phenoxy) is 2. The Bertz CT molecular complexity index is 646. The molecule has 1 aliphatic carbocycles. The molecule has 0 radical (unpaired) electrons. The van der Waals surface area contributed by atoms with Crippen molar-refractivity contribution < 1.29 is 32.2 Å². The summed E-state index contributed by atoms with van der Waals surface area (Å²) in [6, 6.07) is 0. The fourth-order valence-electron chi connectivity index (χ4n) is 3.09. The van der Waals surface area contributed by atoms with E-state index in [-0.39, 0.29) is 18.5 Å². The molecule has 2 atom stereocenters. The van der Waals surface area contributed by atoms with Crippen LogP contribution in [0.4, 0.5) is 18.0 Å². The van der Waals surface area contributed by atoms with Gasteiger partial charge in [-0.2, -0.15) is 13.2 Å². The second kappa shape index (κ2) is 8.04. The van der Waals surface area contributed by atoms with Crippen LogP contribution in [0.5, 0.6) is 0 Å². The van der Waals surface area contributed by atoms with Crippen molar-refractivity contribution in [3.05, 3.63) is 23.3 Å². The van der Waals surface area contributed by atoms with Crippen LogP contribution in [0.3, 0.4) is 0 Å². The van der Waals surface area contributed by atoms with Crippen LogP contribution in [-0.2, 0) is 14.3 Å². The maximum Gasteiger partial charge on any atom is 0.415 e. The lowest BCUT2D eigenvalue weighted by molar-refractivity contribution is -0.122. The van der Waals surface area contributed by atoms with Gasteiger partial charge in [-0.1, -0.05) is 6.08 Å². The molecular weight excluding hydrogens is 363 g/mol. The monoisotopic (exact) mass is 389 g/mol. The molecule has 1 heterocycles. The number of piperidine rings is 1. The summed E-state index contributed by atoms with van der Waals surface area (Å²) < 4.78 is 51.2. The molecule has 0 saturated carbocycles. The van der Waals surface area contributed by atoms with Crippen LogP contribution in [0.15, 0.2) is 23.3 Å². The van der Waals surface area contributed by atoms with Crippen molar-refractivity contribution in [1.29, 1.82) is 0 Å². The summed E-state index contributed by atoms with van der Waals surface area (Å²) in [5.74, 6) is -0.413. The molecular formula is C19H26F3NO4. The molecule has 0 aromatic carbocycles. The van der Waals surface area contributed by atoms with Crippen LogP contribution < -0.4 is 0 Å². The van der Waals surface area contributed by atoms with Crippen LogP contribution >= 0.6 is 0 Å². The Kier molecular flexibility index (Phi) is 6.39. The van der Waals surface area contributed by atoms with Gasteiger partial charge in [0.1, 0.15) is 5.60 Å². The van der Waals surface area contributed by atoms with Gasteiger partial charge in [-0.15, -0.1) is 0 Å². The standard InChI is InChI=1S/C19H26F3NO4/c1-12(24)13-7-8-16(15(10-13)19(20,21)22)26-14-6-5-9-23(11-14)17(25)27-18(2,3)4/h7,10,14,16H,5-6,8-9,11H2,1-4H3. The van der Waals surface area contributed by atoms with E-state index in [1.807, 2.05) is 0 Å². The minimum Gasteiger partial charge on any atom is -0.444 e. The molecule has 2 unspecified atom stereocenters. The van der Waals surface area contributed by atoms with E-state index in [0.717, 1.165) is 6.08 Å². The normalized spacial score (nSPS) is 24.2. The lowest BCUT2D eigenvalue weighted by Crippen LogP contribution is -2.47. The number of hydrogen-bond donors (Lipinski definition) is 0. The molecule has 152 valence electrons. The summed E-state index contributed by atoms with van der Waals surface area (Å²) in [5.41, 5.74) is -1.46. The first-order valence-corrected chi connectivity index (χ1v) is 9.00. The molecule has 8 heteroatoms. The highest BCUT2D eigenvalue weighted by Crippen LogP contribution is 2.36. The zero-order chi connectivity index (χ0) is 20.4. The largest absolute Gasteiger partial charge is 0.444 e. The van der Waals surface area contributed by atoms with E-state index in [1.54, 1.807) is 20.8 Å². The van der Waals surface area contributed by atoms with Crippen LogP contribution in [0.2, 0.25) is 0 Å². The van der Waals surface area contributed by atoms with Crippen molar-refractivity contribution in [1.82, 2.24) is 4.90 Å². The second-order valence-corrected chi connectivity index (χ2v) is 7.86. The Morgan fingerprint density at radius 2 is 1.89 bits per heavy atom. The molecule has 1 saturated heterocycles. The first-order chi connectivity index (χ1) is 12.4. The Morgan fingerprint density at radius 3 is 2.44 bits per heavy atom. The van der Waals surface area contributed by atoms with Gasteiger partial charge in [0, 0.05) is 12.1 Å². The van der Waals surface area contributed by atoms with Gasteiger partial charge >= 0.3 is 12.3 Å². The lowest BCUT2D eigenvalue weighted by Gasteiger charge is -2.36. The van der Waals surface area contributed by atoms with Crippen LogP contribution in [-0.4, -0.2) is 53.9 Å². The van der Waals surface area contributed by atoms with Crippen LogP contribution in [0.25, 0.3) is 0 Å². The van der Waals surface area contributed by atoms with E-state index in [0.29, 0.717) is 19.4 Å². The Labute approximate surface area is 157 Å². The van der Waals surface area contributed by atoms with Crippen molar-refractivity contribution >= 4 is 11.9 Å². The number of ketones is 1. The molecule has 27 heavy (non-hydrogen) atoms. The maximum atomic E-state index is 13.4. The fourth-order valence-corrected chi connectivity index (χ4v) is 3.09. The number of hydrogen-bond acceptors (Lipinski definition) is 4. The number of carbonyl (C=O) groups is 2. The highest BCUT2D eigenvalue weighted by atomic mass is 19.4. The average molecular weight is 389 g/mol. The van der Waals surface area contributed by atoms with E-state index < -0.39 is 41.4 Å². The topological polar surface area (TPSA) is 55.8 Å². The van der Waals surface area contributed by atoms with Crippen molar-refractivity contribution in [3.63, 3.8) is 0 Å². The minimum atomic E-state index is -4.58. The minimum absolute atomic E-state index is 0.0246. The molecule has 1 aliphatic heterocycles. The molecule has 0 bridgehead atoms. The zero-order valence-corrected chi connectivity index (χ0v) is 16.1. The number of nitrogens with zero attached hydrogens (tertiary/aromatic N) is 1. The zero-order valence-electron chi connectivity index (χ0n) is 16.1. The molecule has 0 spiro atoms.